The number of fused-ring (bicyclic) bond motifs is 5. The Morgan fingerprint density at radius 2 is 1.88 bits per heavy atom. The molecule has 0 amide bonds. The smallest absolute Gasteiger partial charge is 0.137 e. The molecule has 0 bridgehead atoms. The molecule has 0 aromatic heterocycles. The Hall–Kier alpha value is -0.490. The number of ketones is 1. The summed E-state index contributed by atoms with van der Waals surface area (Å²) in [5, 5.41) is 41.2. The van der Waals surface area contributed by atoms with E-state index < -0.39 is 23.7 Å². The fraction of sp³-hybridized carbons (Fsp3) is 0.952. The Morgan fingerprint density at radius 3 is 2.58 bits per heavy atom. The third kappa shape index (κ3) is 2.27. The molecule has 0 aromatic rings. The van der Waals surface area contributed by atoms with E-state index in [1.165, 1.54) is 0 Å². The molecule has 4 N–H and O–H groups in total. The number of hydrogen-bond donors (Lipinski definition) is 4. The van der Waals surface area contributed by atoms with Crippen LogP contribution in [0, 0.1) is 34.5 Å². The molecule has 0 heterocycles. The molecular formula is C21H34O5. The molecule has 5 heteroatoms. The molecule has 4 aliphatic rings. The molecule has 0 unspecified atom stereocenters. The van der Waals surface area contributed by atoms with Crippen molar-refractivity contribution in [2.24, 2.45) is 34.5 Å². The zero-order valence-corrected chi connectivity index (χ0v) is 16.0. The molecule has 0 spiro atoms. The zero-order valence-electron chi connectivity index (χ0n) is 16.0. The fourth-order valence-electron chi connectivity index (χ4n) is 7.79. The molecule has 4 saturated carbocycles. The minimum atomic E-state index is -1.38. The topological polar surface area (TPSA) is 98.0 Å². The van der Waals surface area contributed by atoms with Crippen LogP contribution in [0.2, 0.25) is 0 Å². The highest BCUT2D eigenvalue weighted by Gasteiger charge is 2.68. The van der Waals surface area contributed by atoms with Gasteiger partial charge in [0.15, 0.2) is 0 Å². The largest absolute Gasteiger partial charge is 0.394 e. The molecule has 4 fully saturated rings. The van der Waals surface area contributed by atoms with Crippen LogP contribution in [0.1, 0.15) is 65.2 Å². The van der Waals surface area contributed by atoms with Crippen molar-refractivity contribution in [1.29, 1.82) is 0 Å². The molecule has 0 saturated heterocycles. The monoisotopic (exact) mass is 366 g/mol. The van der Waals surface area contributed by atoms with Gasteiger partial charge in [0.1, 0.15) is 11.9 Å². The molecular weight excluding hydrogens is 332 g/mol. The molecule has 148 valence electrons. The average molecular weight is 366 g/mol. The summed E-state index contributed by atoms with van der Waals surface area (Å²) >= 11 is 0. The summed E-state index contributed by atoms with van der Waals surface area (Å²) in [6.45, 7) is 3.74. The third-order valence-corrected chi connectivity index (χ3v) is 9.27. The van der Waals surface area contributed by atoms with Gasteiger partial charge < -0.3 is 20.4 Å². The van der Waals surface area contributed by atoms with Crippen molar-refractivity contribution in [2.45, 2.75) is 83.0 Å². The summed E-state index contributed by atoms with van der Waals surface area (Å²) in [6.07, 6.45) is 4.61. The Labute approximate surface area is 155 Å². The van der Waals surface area contributed by atoms with E-state index in [1.54, 1.807) is 0 Å². The maximum Gasteiger partial charge on any atom is 0.137 e. The fourth-order valence-corrected chi connectivity index (χ4v) is 7.79. The maximum atomic E-state index is 13.4. The van der Waals surface area contributed by atoms with Crippen molar-refractivity contribution in [3.63, 3.8) is 0 Å². The summed E-state index contributed by atoms with van der Waals surface area (Å²) in [4.78, 5) is 13.4. The van der Waals surface area contributed by atoms with E-state index in [9.17, 15) is 25.2 Å². The molecule has 0 aliphatic heterocycles. The lowest BCUT2D eigenvalue weighted by Gasteiger charge is -2.60. The molecule has 4 aliphatic carbocycles. The number of carbonyl (C=O) groups excluding carboxylic acids is 1. The lowest BCUT2D eigenvalue weighted by Crippen LogP contribution is -2.63. The molecule has 5 nitrogen and oxygen atoms in total. The first kappa shape index (κ1) is 18.9. The van der Waals surface area contributed by atoms with Gasteiger partial charge in [-0.1, -0.05) is 13.8 Å². The number of aliphatic hydroxyl groups is 4. The lowest BCUT2D eigenvalue weighted by atomic mass is 9.44. The van der Waals surface area contributed by atoms with Crippen molar-refractivity contribution in [2.75, 3.05) is 6.61 Å². The highest BCUT2D eigenvalue weighted by Crippen LogP contribution is 2.67. The first-order valence-corrected chi connectivity index (χ1v) is 10.4. The van der Waals surface area contributed by atoms with Crippen LogP contribution in [-0.2, 0) is 4.79 Å². The number of rotatable bonds is 2. The van der Waals surface area contributed by atoms with Crippen LogP contribution in [0.3, 0.4) is 0 Å². The lowest BCUT2D eigenvalue weighted by molar-refractivity contribution is -0.196. The minimum Gasteiger partial charge on any atom is -0.394 e. The van der Waals surface area contributed by atoms with Crippen molar-refractivity contribution < 1.29 is 25.2 Å². The van der Waals surface area contributed by atoms with Crippen LogP contribution in [0.25, 0.3) is 0 Å². The van der Waals surface area contributed by atoms with Gasteiger partial charge in [-0.05, 0) is 68.1 Å². The van der Waals surface area contributed by atoms with Gasteiger partial charge in [0.2, 0.25) is 0 Å². The molecule has 9 atom stereocenters. The summed E-state index contributed by atoms with van der Waals surface area (Å²) in [7, 11) is 0. The molecule has 0 aromatic carbocycles. The van der Waals surface area contributed by atoms with Crippen LogP contribution >= 0.6 is 0 Å². The van der Waals surface area contributed by atoms with Crippen LogP contribution in [0.5, 0.6) is 0 Å². The van der Waals surface area contributed by atoms with Crippen molar-refractivity contribution >= 4 is 5.78 Å². The Bertz CT molecular complexity index is 593. The van der Waals surface area contributed by atoms with Crippen molar-refractivity contribution in [1.82, 2.24) is 0 Å². The van der Waals surface area contributed by atoms with Gasteiger partial charge in [-0.3, -0.25) is 4.79 Å². The van der Waals surface area contributed by atoms with Crippen molar-refractivity contribution in [3.05, 3.63) is 0 Å². The summed E-state index contributed by atoms with van der Waals surface area (Å²) in [6, 6.07) is 0. The number of aliphatic hydroxyl groups excluding tert-OH is 3. The van der Waals surface area contributed by atoms with E-state index in [-0.39, 0.29) is 41.5 Å². The summed E-state index contributed by atoms with van der Waals surface area (Å²) in [5.41, 5.74) is -2.09. The van der Waals surface area contributed by atoms with Crippen LogP contribution in [0.4, 0.5) is 0 Å². The van der Waals surface area contributed by atoms with Gasteiger partial charge in [0, 0.05) is 17.8 Å². The standard InChI is InChI=1S/C21H34O5/c1-19-7-5-13(23)9-12(19)3-4-14-15-6-8-21(26,17(25)11-22)20(15,2)10-16(24)18(14)19/h12-15,17-18,22-23,25-26H,3-11H2,1-2H3/t12-,13+,14+,15+,17-,18-,19+,20+,21+/m1/s1. The average Bonchev–Trinajstić information content (AvgIpc) is 2.86. The zero-order chi connectivity index (χ0) is 18.9. The summed E-state index contributed by atoms with van der Waals surface area (Å²) in [5.74, 6) is 1.10. The van der Waals surface area contributed by atoms with Crippen LogP contribution < -0.4 is 0 Å². The van der Waals surface area contributed by atoms with E-state index in [2.05, 4.69) is 6.92 Å². The Morgan fingerprint density at radius 1 is 1.15 bits per heavy atom. The van der Waals surface area contributed by atoms with Gasteiger partial charge >= 0.3 is 0 Å². The SMILES string of the molecule is C[C@]12CC[C@H](O)C[C@H]1CC[C@@H]1[C@@H]2C(=O)C[C@@]2(C)[C@H]1CC[C@]2(O)[C@H](O)CO. The maximum absolute atomic E-state index is 13.4. The normalized spacial score (nSPS) is 55.0. The first-order valence-electron chi connectivity index (χ1n) is 10.4. The van der Waals surface area contributed by atoms with Gasteiger partial charge in [0.05, 0.1) is 18.3 Å². The van der Waals surface area contributed by atoms with Crippen LogP contribution in [-0.4, -0.2) is 50.6 Å². The van der Waals surface area contributed by atoms with E-state index in [4.69, 9.17) is 0 Å². The Balaban J connectivity index is 1.69. The van der Waals surface area contributed by atoms with E-state index >= 15 is 0 Å². The Kier molecular flexibility index (Phi) is 4.35. The highest BCUT2D eigenvalue weighted by atomic mass is 16.4. The third-order valence-electron chi connectivity index (χ3n) is 9.27. The van der Waals surface area contributed by atoms with Gasteiger partial charge in [-0.2, -0.15) is 0 Å². The second-order valence-electron chi connectivity index (χ2n) is 10.2. The van der Waals surface area contributed by atoms with E-state index in [1.807, 2.05) is 6.92 Å². The summed E-state index contributed by atoms with van der Waals surface area (Å²) < 4.78 is 0. The predicted octanol–water partition coefficient (Wildman–Crippen LogP) is 1.65. The van der Waals surface area contributed by atoms with E-state index in [0.717, 1.165) is 38.5 Å². The number of Topliss-reactive ketones (excluding diaryl/α,β-unsaturated/α-hetero) is 1. The van der Waals surface area contributed by atoms with Gasteiger partial charge in [-0.15, -0.1) is 0 Å². The van der Waals surface area contributed by atoms with Gasteiger partial charge in [0.25, 0.3) is 0 Å². The quantitative estimate of drug-likeness (QED) is 0.596. The van der Waals surface area contributed by atoms with Crippen molar-refractivity contribution in [3.8, 4) is 0 Å². The molecule has 0 radical (unpaired) electrons. The highest BCUT2D eigenvalue weighted by molar-refractivity contribution is 5.84. The number of carbonyl (C=O) groups is 1. The van der Waals surface area contributed by atoms with Crippen LogP contribution in [0.15, 0.2) is 0 Å². The first-order chi connectivity index (χ1) is 12.2. The minimum absolute atomic E-state index is 0.0143. The second-order valence-corrected chi connectivity index (χ2v) is 10.2. The number of hydrogen-bond acceptors (Lipinski definition) is 5. The second kappa shape index (κ2) is 6.00. The predicted molar refractivity (Wildman–Crippen MR) is 96.2 cm³/mol. The molecule has 26 heavy (non-hydrogen) atoms. The van der Waals surface area contributed by atoms with Gasteiger partial charge in [-0.25, -0.2) is 0 Å². The van der Waals surface area contributed by atoms with E-state index in [0.29, 0.717) is 12.3 Å². The molecule has 4 rings (SSSR count).